The van der Waals surface area contributed by atoms with E-state index in [0.29, 0.717) is 0 Å². The number of aromatic nitrogens is 2. The maximum Gasteiger partial charge on any atom is 0.128 e. The quantitative estimate of drug-likeness (QED) is 0.891. The van der Waals surface area contributed by atoms with Crippen molar-refractivity contribution in [2.24, 2.45) is 0 Å². The van der Waals surface area contributed by atoms with Crippen molar-refractivity contribution in [2.45, 2.75) is 40.8 Å². The molecule has 0 fully saturated rings. The Balaban J connectivity index is 2.16. The number of hydrogen-bond donors (Lipinski definition) is 1. The van der Waals surface area contributed by atoms with Crippen molar-refractivity contribution in [2.75, 3.05) is 5.32 Å². The summed E-state index contributed by atoms with van der Waals surface area (Å²) in [5, 5.41) is 3.50. The highest BCUT2D eigenvalue weighted by atomic mass is 15.1. The highest BCUT2D eigenvalue weighted by Gasteiger charge is 2.05. The zero-order chi connectivity index (χ0) is 13.1. The standard InChI is InChI=1S/C15H21N3/c1-5-18-7-6-16-14(18)10-17-15-12(3)8-11(2)9-13(15)4/h6-9,17H,5,10H2,1-4H3. The van der Waals surface area contributed by atoms with Crippen molar-refractivity contribution >= 4 is 5.69 Å². The van der Waals surface area contributed by atoms with Gasteiger partial charge in [-0.2, -0.15) is 0 Å². The Labute approximate surface area is 109 Å². The van der Waals surface area contributed by atoms with Gasteiger partial charge in [0.1, 0.15) is 5.82 Å². The van der Waals surface area contributed by atoms with E-state index in [1.165, 1.54) is 22.4 Å². The zero-order valence-electron chi connectivity index (χ0n) is 11.6. The summed E-state index contributed by atoms with van der Waals surface area (Å²) in [6.45, 7) is 10.3. The van der Waals surface area contributed by atoms with E-state index in [2.05, 4.69) is 54.7 Å². The lowest BCUT2D eigenvalue weighted by Crippen LogP contribution is -2.09. The molecule has 3 nitrogen and oxygen atoms in total. The molecular formula is C15H21N3. The molecule has 2 aromatic rings. The third-order valence-corrected chi connectivity index (χ3v) is 3.24. The number of anilines is 1. The Hall–Kier alpha value is -1.77. The van der Waals surface area contributed by atoms with E-state index in [4.69, 9.17) is 0 Å². The number of nitrogens with zero attached hydrogens (tertiary/aromatic N) is 2. The van der Waals surface area contributed by atoms with E-state index < -0.39 is 0 Å². The van der Waals surface area contributed by atoms with Crippen LogP contribution in [0.5, 0.6) is 0 Å². The van der Waals surface area contributed by atoms with Crippen LogP contribution in [0.1, 0.15) is 29.4 Å². The fourth-order valence-corrected chi connectivity index (χ4v) is 2.42. The molecule has 96 valence electrons. The number of hydrogen-bond acceptors (Lipinski definition) is 2. The molecule has 0 bridgehead atoms. The Morgan fingerprint density at radius 2 is 1.83 bits per heavy atom. The molecule has 0 aliphatic rings. The largest absolute Gasteiger partial charge is 0.377 e. The van der Waals surface area contributed by atoms with Gasteiger partial charge in [-0.15, -0.1) is 0 Å². The van der Waals surface area contributed by atoms with Gasteiger partial charge in [-0.25, -0.2) is 4.98 Å². The van der Waals surface area contributed by atoms with Crippen LogP contribution in [0.15, 0.2) is 24.5 Å². The molecule has 1 heterocycles. The first kappa shape index (κ1) is 12.7. The molecule has 0 saturated carbocycles. The Morgan fingerprint density at radius 3 is 2.44 bits per heavy atom. The number of imidazole rings is 1. The first-order valence-corrected chi connectivity index (χ1v) is 6.43. The van der Waals surface area contributed by atoms with Gasteiger partial charge >= 0.3 is 0 Å². The molecule has 0 unspecified atom stereocenters. The van der Waals surface area contributed by atoms with Gasteiger partial charge in [0.05, 0.1) is 6.54 Å². The first-order valence-electron chi connectivity index (χ1n) is 6.43. The van der Waals surface area contributed by atoms with Crippen LogP contribution < -0.4 is 5.32 Å². The van der Waals surface area contributed by atoms with Gasteiger partial charge in [-0.05, 0) is 38.8 Å². The molecule has 0 aliphatic carbocycles. The van der Waals surface area contributed by atoms with Gasteiger partial charge in [0, 0.05) is 24.6 Å². The molecule has 3 heteroatoms. The summed E-state index contributed by atoms with van der Waals surface area (Å²) in [7, 11) is 0. The first-order chi connectivity index (χ1) is 8.61. The topological polar surface area (TPSA) is 29.9 Å². The average Bonchev–Trinajstić information content (AvgIpc) is 2.75. The zero-order valence-corrected chi connectivity index (χ0v) is 11.6. The van der Waals surface area contributed by atoms with Crippen LogP contribution in [0.25, 0.3) is 0 Å². The van der Waals surface area contributed by atoms with Crippen LogP contribution in [0.2, 0.25) is 0 Å². The van der Waals surface area contributed by atoms with Gasteiger partial charge in [0.2, 0.25) is 0 Å². The fourth-order valence-electron chi connectivity index (χ4n) is 2.42. The van der Waals surface area contributed by atoms with E-state index in [-0.39, 0.29) is 0 Å². The molecule has 0 radical (unpaired) electrons. The normalized spacial score (nSPS) is 10.7. The lowest BCUT2D eigenvalue weighted by Gasteiger charge is -2.14. The molecule has 18 heavy (non-hydrogen) atoms. The molecule has 0 spiro atoms. The van der Waals surface area contributed by atoms with E-state index in [0.717, 1.165) is 18.9 Å². The van der Waals surface area contributed by atoms with Crippen molar-refractivity contribution in [3.8, 4) is 0 Å². The summed E-state index contributed by atoms with van der Waals surface area (Å²) in [4.78, 5) is 4.38. The summed E-state index contributed by atoms with van der Waals surface area (Å²) >= 11 is 0. The Bertz CT molecular complexity index is 517. The average molecular weight is 243 g/mol. The molecule has 0 saturated heterocycles. The van der Waals surface area contributed by atoms with Gasteiger partial charge in [-0.3, -0.25) is 0 Å². The van der Waals surface area contributed by atoms with E-state index in [1.807, 2.05) is 12.4 Å². The van der Waals surface area contributed by atoms with Crippen LogP contribution in [0, 0.1) is 20.8 Å². The van der Waals surface area contributed by atoms with Crippen LogP contribution in [-0.4, -0.2) is 9.55 Å². The molecule has 0 atom stereocenters. The van der Waals surface area contributed by atoms with Crippen molar-refractivity contribution in [3.63, 3.8) is 0 Å². The minimum atomic E-state index is 0.769. The van der Waals surface area contributed by atoms with Crippen LogP contribution >= 0.6 is 0 Å². The van der Waals surface area contributed by atoms with E-state index in [9.17, 15) is 0 Å². The van der Waals surface area contributed by atoms with Gasteiger partial charge in [0.25, 0.3) is 0 Å². The fraction of sp³-hybridized carbons (Fsp3) is 0.400. The monoisotopic (exact) mass is 243 g/mol. The minimum absolute atomic E-state index is 0.769. The predicted molar refractivity (Wildman–Crippen MR) is 75.9 cm³/mol. The van der Waals surface area contributed by atoms with Crippen molar-refractivity contribution in [1.29, 1.82) is 0 Å². The molecule has 0 aliphatic heterocycles. The minimum Gasteiger partial charge on any atom is -0.377 e. The molecule has 1 aromatic heterocycles. The molecule has 1 aromatic carbocycles. The summed E-state index contributed by atoms with van der Waals surface area (Å²) in [5.74, 6) is 1.08. The van der Waals surface area contributed by atoms with Crippen molar-refractivity contribution in [1.82, 2.24) is 9.55 Å². The predicted octanol–water partition coefficient (Wildman–Crippen LogP) is 3.44. The van der Waals surface area contributed by atoms with Crippen LogP contribution in [0.4, 0.5) is 5.69 Å². The third-order valence-electron chi connectivity index (χ3n) is 3.24. The van der Waals surface area contributed by atoms with Crippen LogP contribution in [-0.2, 0) is 13.1 Å². The number of nitrogens with one attached hydrogen (secondary N) is 1. The van der Waals surface area contributed by atoms with E-state index in [1.54, 1.807) is 0 Å². The second kappa shape index (κ2) is 5.25. The van der Waals surface area contributed by atoms with E-state index >= 15 is 0 Å². The number of aryl methyl sites for hydroxylation is 4. The van der Waals surface area contributed by atoms with Gasteiger partial charge in [-0.1, -0.05) is 17.7 Å². The summed E-state index contributed by atoms with van der Waals surface area (Å²) in [6, 6.07) is 4.42. The summed E-state index contributed by atoms with van der Waals surface area (Å²) in [6.07, 6.45) is 3.88. The summed E-state index contributed by atoms with van der Waals surface area (Å²) in [5.41, 5.74) is 5.13. The van der Waals surface area contributed by atoms with Gasteiger partial charge in [0.15, 0.2) is 0 Å². The summed E-state index contributed by atoms with van der Waals surface area (Å²) < 4.78 is 2.16. The molecule has 1 N–H and O–H groups in total. The highest BCUT2D eigenvalue weighted by Crippen LogP contribution is 2.22. The maximum absolute atomic E-state index is 4.38. The second-order valence-electron chi connectivity index (χ2n) is 4.76. The second-order valence-corrected chi connectivity index (χ2v) is 4.76. The third kappa shape index (κ3) is 2.55. The highest BCUT2D eigenvalue weighted by molar-refractivity contribution is 5.58. The Kier molecular flexibility index (Phi) is 3.70. The number of rotatable bonds is 4. The maximum atomic E-state index is 4.38. The van der Waals surface area contributed by atoms with Crippen molar-refractivity contribution in [3.05, 3.63) is 47.0 Å². The lowest BCUT2D eigenvalue weighted by molar-refractivity contribution is 0.708. The van der Waals surface area contributed by atoms with Gasteiger partial charge < -0.3 is 9.88 Å². The molecule has 0 amide bonds. The number of benzene rings is 1. The SMILES string of the molecule is CCn1ccnc1CNc1c(C)cc(C)cc1C. The molecule has 2 rings (SSSR count). The van der Waals surface area contributed by atoms with Crippen molar-refractivity contribution < 1.29 is 0 Å². The van der Waals surface area contributed by atoms with Crippen LogP contribution in [0.3, 0.4) is 0 Å². The lowest BCUT2D eigenvalue weighted by atomic mass is 10.1. The Morgan fingerprint density at radius 1 is 1.17 bits per heavy atom. The molecular weight excluding hydrogens is 222 g/mol. The smallest absolute Gasteiger partial charge is 0.128 e.